The zero-order chi connectivity index (χ0) is 25.2. The molecule has 0 saturated heterocycles. The number of hydrogen-bond donors (Lipinski definition) is 3. The minimum absolute atomic E-state index is 0.0210. The van der Waals surface area contributed by atoms with Gasteiger partial charge in [0.25, 0.3) is 11.8 Å². The second-order valence-electron chi connectivity index (χ2n) is 7.54. The number of anilines is 1. The first-order valence-electron chi connectivity index (χ1n) is 11.2. The number of hydrazone groups is 1. The van der Waals surface area contributed by atoms with Gasteiger partial charge < -0.3 is 15.3 Å². The van der Waals surface area contributed by atoms with Crippen molar-refractivity contribution >= 4 is 45.7 Å². The van der Waals surface area contributed by atoms with Crippen LogP contribution >= 0.6 is 15.9 Å². The number of benzene rings is 3. The summed E-state index contributed by atoms with van der Waals surface area (Å²) in [5.74, 6) is -0.999. The summed E-state index contributed by atoms with van der Waals surface area (Å²) in [6.45, 7) is 5.95. The lowest BCUT2D eigenvalue weighted by molar-refractivity contribution is -0.117. The molecule has 2 amide bonds. The second kappa shape index (κ2) is 12.5. The number of halogens is 1. The number of rotatable bonds is 9. The Morgan fingerprint density at radius 3 is 2.34 bits per heavy atom. The van der Waals surface area contributed by atoms with E-state index in [-0.39, 0.29) is 11.4 Å². The van der Waals surface area contributed by atoms with Gasteiger partial charge in [-0.3, -0.25) is 9.59 Å². The summed E-state index contributed by atoms with van der Waals surface area (Å²) in [4.78, 5) is 27.9. The number of nitrogens with zero attached hydrogens (tertiary/aromatic N) is 2. The van der Waals surface area contributed by atoms with Crippen LogP contribution in [0.5, 0.6) is 5.75 Å². The topological polar surface area (TPSA) is 94.0 Å². The lowest BCUT2D eigenvalue weighted by Gasteiger charge is -2.20. The molecule has 0 atom stereocenters. The quantitative estimate of drug-likeness (QED) is 0.206. The number of phenolic OH excluding ortho intramolecular Hbond substituents is 1. The summed E-state index contributed by atoms with van der Waals surface area (Å²) in [6, 6.07) is 21.2. The molecule has 3 aromatic rings. The SMILES string of the molecule is CCN(CC)c1ccc(C=C(NC(=O)c2ccccc2)C(=O)N/N=C/c2cc(Br)ccc2O)cc1. The predicted molar refractivity (Wildman–Crippen MR) is 143 cm³/mol. The zero-order valence-corrected chi connectivity index (χ0v) is 21.1. The summed E-state index contributed by atoms with van der Waals surface area (Å²) in [5, 5.41) is 16.6. The van der Waals surface area contributed by atoms with Gasteiger partial charge in [-0.15, -0.1) is 0 Å². The normalized spacial score (nSPS) is 11.3. The fourth-order valence-electron chi connectivity index (χ4n) is 3.33. The molecule has 0 saturated carbocycles. The first kappa shape index (κ1) is 25.7. The molecule has 0 aliphatic carbocycles. The van der Waals surface area contributed by atoms with E-state index in [9.17, 15) is 14.7 Å². The third kappa shape index (κ3) is 7.28. The van der Waals surface area contributed by atoms with Crippen LogP contribution in [0, 0.1) is 0 Å². The Morgan fingerprint density at radius 1 is 1.00 bits per heavy atom. The molecule has 8 heteroatoms. The van der Waals surface area contributed by atoms with Crippen LogP contribution in [0.2, 0.25) is 0 Å². The van der Waals surface area contributed by atoms with Crippen LogP contribution in [0.25, 0.3) is 6.08 Å². The highest BCUT2D eigenvalue weighted by molar-refractivity contribution is 9.10. The van der Waals surface area contributed by atoms with Crippen LogP contribution in [0.1, 0.15) is 35.3 Å². The molecule has 0 aliphatic heterocycles. The minimum Gasteiger partial charge on any atom is -0.507 e. The molecule has 0 radical (unpaired) electrons. The van der Waals surface area contributed by atoms with Gasteiger partial charge in [0, 0.05) is 34.4 Å². The number of carbonyl (C=O) groups is 2. The van der Waals surface area contributed by atoms with Gasteiger partial charge in [-0.05, 0) is 68.0 Å². The summed E-state index contributed by atoms with van der Waals surface area (Å²) in [5.41, 5.74) is 5.11. The number of nitrogens with one attached hydrogen (secondary N) is 2. The molecule has 180 valence electrons. The fourth-order valence-corrected chi connectivity index (χ4v) is 3.71. The third-order valence-corrected chi connectivity index (χ3v) is 5.71. The average Bonchev–Trinajstić information content (AvgIpc) is 2.87. The standard InChI is InChI=1S/C27H27BrN4O3/c1-3-32(4-2)23-13-10-19(11-14-23)16-24(30-26(34)20-8-6-5-7-9-20)27(35)31-29-18-21-17-22(28)12-15-25(21)33/h5-18,33H,3-4H2,1-2H3,(H,30,34)(H,31,35)/b24-16?,29-18+. The van der Waals surface area contributed by atoms with Crippen molar-refractivity contribution in [3.8, 4) is 5.75 Å². The highest BCUT2D eigenvalue weighted by Gasteiger charge is 2.14. The summed E-state index contributed by atoms with van der Waals surface area (Å²) < 4.78 is 0.756. The number of aromatic hydroxyl groups is 1. The summed E-state index contributed by atoms with van der Waals surface area (Å²) in [7, 11) is 0. The number of amides is 2. The molecule has 3 rings (SSSR count). The van der Waals surface area contributed by atoms with E-state index in [4.69, 9.17) is 0 Å². The molecule has 0 spiro atoms. The minimum atomic E-state index is -0.604. The number of phenols is 1. The van der Waals surface area contributed by atoms with Crippen molar-refractivity contribution in [3.63, 3.8) is 0 Å². The fraction of sp³-hybridized carbons (Fsp3) is 0.148. The molecular formula is C27H27BrN4O3. The average molecular weight is 535 g/mol. The molecule has 7 nitrogen and oxygen atoms in total. The van der Waals surface area contributed by atoms with Gasteiger partial charge in [-0.1, -0.05) is 46.3 Å². The zero-order valence-electron chi connectivity index (χ0n) is 19.5. The van der Waals surface area contributed by atoms with Crippen molar-refractivity contribution in [3.05, 3.63) is 99.7 Å². The van der Waals surface area contributed by atoms with Crippen molar-refractivity contribution in [1.82, 2.24) is 10.7 Å². The molecule has 3 N–H and O–H groups in total. The highest BCUT2D eigenvalue weighted by Crippen LogP contribution is 2.20. The molecule has 0 bridgehead atoms. The van der Waals surface area contributed by atoms with E-state index in [2.05, 4.69) is 50.5 Å². The van der Waals surface area contributed by atoms with E-state index in [0.29, 0.717) is 11.1 Å². The monoisotopic (exact) mass is 534 g/mol. The van der Waals surface area contributed by atoms with Gasteiger partial charge in [-0.25, -0.2) is 5.43 Å². The maximum Gasteiger partial charge on any atom is 0.287 e. The highest BCUT2D eigenvalue weighted by atomic mass is 79.9. The van der Waals surface area contributed by atoms with Gasteiger partial charge >= 0.3 is 0 Å². The molecule has 0 fully saturated rings. The lowest BCUT2D eigenvalue weighted by atomic mass is 10.1. The van der Waals surface area contributed by atoms with Crippen LogP contribution in [0.15, 0.2) is 88.1 Å². The third-order valence-electron chi connectivity index (χ3n) is 5.22. The van der Waals surface area contributed by atoms with Crippen molar-refractivity contribution < 1.29 is 14.7 Å². The van der Waals surface area contributed by atoms with Gasteiger partial charge in [-0.2, -0.15) is 5.10 Å². The molecule has 3 aromatic carbocycles. The molecule has 0 unspecified atom stereocenters. The van der Waals surface area contributed by atoms with Crippen LogP contribution in [0.4, 0.5) is 5.69 Å². The Balaban J connectivity index is 1.84. The van der Waals surface area contributed by atoms with Gasteiger partial charge in [0.2, 0.25) is 0 Å². The van der Waals surface area contributed by atoms with Crippen molar-refractivity contribution in [2.75, 3.05) is 18.0 Å². The first-order chi connectivity index (χ1) is 16.9. The Bertz CT molecular complexity index is 1220. The van der Waals surface area contributed by atoms with Crippen LogP contribution < -0.4 is 15.6 Å². The van der Waals surface area contributed by atoms with Crippen molar-refractivity contribution in [2.24, 2.45) is 5.10 Å². The Labute approximate surface area is 213 Å². The smallest absolute Gasteiger partial charge is 0.287 e. The predicted octanol–water partition coefficient (Wildman–Crippen LogP) is 4.92. The van der Waals surface area contributed by atoms with E-state index < -0.39 is 11.8 Å². The summed E-state index contributed by atoms with van der Waals surface area (Å²) >= 11 is 3.33. The van der Waals surface area contributed by atoms with Crippen LogP contribution in [0.3, 0.4) is 0 Å². The van der Waals surface area contributed by atoms with E-state index in [1.54, 1.807) is 42.5 Å². The molecule has 0 aromatic heterocycles. The van der Waals surface area contributed by atoms with E-state index in [1.165, 1.54) is 12.3 Å². The Kier molecular flexibility index (Phi) is 9.20. The summed E-state index contributed by atoms with van der Waals surface area (Å²) in [6.07, 6.45) is 2.92. The Morgan fingerprint density at radius 2 is 1.69 bits per heavy atom. The number of carbonyl (C=O) groups excluding carboxylic acids is 2. The van der Waals surface area contributed by atoms with E-state index >= 15 is 0 Å². The largest absolute Gasteiger partial charge is 0.507 e. The van der Waals surface area contributed by atoms with Crippen LogP contribution in [-0.4, -0.2) is 36.2 Å². The Hall–Kier alpha value is -3.91. The van der Waals surface area contributed by atoms with Crippen molar-refractivity contribution in [1.29, 1.82) is 0 Å². The van der Waals surface area contributed by atoms with E-state index in [0.717, 1.165) is 28.8 Å². The molecule has 35 heavy (non-hydrogen) atoms. The number of hydrogen-bond acceptors (Lipinski definition) is 5. The molecular weight excluding hydrogens is 508 g/mol. The van der Waals surface area contributed by atoms with E-state index in [1.807, 2.05) is 30.3 Å². The van der Waals surface area contributed by atoms with Gasteiger partial charge in [0.05, 0.1) is 6.21 Å². The second-order valence-corrected chi connectivity index (χ2v) is 8.46. The van der Waals surface area contributed by atoms with Gasteiger partial charge in [0.1, 0.15) is 11.4 Å². The van der Waals surface area contributed by atoms with Crippen LogP contribution in [-0.2, 0) is 4.79 Å². The molecule has 0 aliphatic rings. The molecule has 0 heterocycles. The first-order valence-corrected chi connectivity index (χ1v) is 12.0. The maximum absolute atomic E-state index is 12.9. The lowest BCUT2D eigenvalue weighted by Crippen LogP contribution is -2.32. The maximum atomic E-state index is 12.9. The van der Waals surface area contributed by atoms with Crippen molar-refractivity contribution in [2.45, 2.75) is 13.8 Å². The van der Waals surface area contributed by atoms with Gasteiger partial charge in [0.15, 0.2) is 0 Å².